The van der Waals surface area contributed by atoms with Crippen molar-refractivity contribution in [1.82, 2.24) is 5.43 Å². The van der Waals surface area contributed by atoms with E-state index >= 15 is 0 Å². The number of hydrogen-bond donors (Lipinski definition) is 1. The number of aryl methyl sites for hydroxylation is 1. The number of methoxy groups -OCH3 is 1. The zero-order chi connectivity index (χ0) is 24.6. The minimum Gasteiger partial charge on any atom is -0.497 e. The van der Waals surface area contributed by atoms with Gasteiger partial charge in [0.2, 0.25) is 0 Å². The summed E-state index contributed by atoms with van der Waals surface area (Å²) in [6.45, 7) is 1.73. The molecule has 0 atom stereocenters. The van der Waals surface area contributed by atoms with Crippen LogP contribution in [0.3, 0.4) is 0 Å². The second-order valence-electron chi connectivity index (χ2n) is 7.71. The van der Waals surface area contributed by atoms with Crippen LogP contribution in [0.25, 0.3) is 10.8 Å². The summed E-state index contributed by atoms with van der Waals surface area (Å²) < 4.78 is 16.2. The number of hydrogen-bond acceptors (Lipinski definition) is 6. The Morgan fingerprint density at radius 1 is 0.886 bits per heavy atom. The quantitative estimate of drug-likeness (QED) is 0.172. The first kappa shape index (κ1) is 23.5. The predicted molar refractivity (Wildman–Crippen MR) is 134 cm³/mol. The molecule has 0 fully saturated rings. The van der Waals surface area contributed by atoms with E-state index in [1.165, 1.54) is 6.21 Å². The first-order valence-electron chi connectivity index (χ1n) is 10.9. The lowest BCUT2D eigenvalue weighted by molar-refractivity contribution is -0.123. The molecule has 0 saturated heterocycles. The summed E-state index contributed by atoms with van der Waals surface area (Å²) in [5.41, 5.74) is 4.51. The molecule has 0 aliphatic carbocycles. The van der Waals surface area contributed by atoms with Crippen molar-refractivity contribution in [2.45, 2.75) is 6.92 Å². The number of nitrogens with one attached hydrogen (secondary N) is 1. The number of esters is 1. The van der Waals surface area contributed by atoms with Crippen LogP contribution in [0.15, 0.2) is 90.0 Å². The van der Waals surface area contributed by atoms with Crippen molar-refractivity contribution < 1.29 is 23.8 Å². The van der Waals surface area contributed by atoms with E-state index in [4.69, 9.17) is 14.2 Å². The van der Waals surface area contributed by atoms with Gasteiger partial charge >= 0.3 is 5.97 Å². The fourth-order valence-electron chi connectivity index (χ4n) is 3.37. The molecule has 0 saturated carbocycles. The molecule has 1 amide bonds. The van der Waals surface area contributed by atoms with E-state index in [1.54, 1.807) is 49.6 Å². The molecular weight excluding hydrogens is 444 g/mol. The fraction of sp³-hybridized carbons (Fsp3) is 0.107. The Kier molecular flexibility index (Phi) is 7.37. The third-order valence-electron chi connectivity index (χ3n) is 5.23. The van der Waals surface area contributed by atoms with E-state index < -0.39 is 11.9 Å². The maximum absolute atomic E-state index is 12.7. The van der Waals surface area contributed by atoms with Crippen LogP contribution in [0.1, 0.15) is 21.5 Å². The molecule has 0 heterocycles. The van der Waals surface area contributed by atoms with Crippen LogP contribution in [-0.4, -0.2) is 31.8 Å². The number of amides is 1. The Balaban J connectivity index is 1.47. The van der Waals surface area contributed by atoms with Gasteiger partial charge in [-0.05, 0) is 60.2 Å². The number of ether oxygens (including phenoxy) is 3. The lowest BCUT2D eigenvalue weighted by Gasteiger charge is -2.11. The molecule has 4 rings (SSSR count). The normalized spacial score (nSPS) is 10.8. The summed E-state index contributed by atoms with van der Waals surface area (Å²) >= 11 is 0. The summed E-state index contributed by atoms with van der Waals surface area (Å²) in [7, 11) is 1.58. The van der Waals surface area contributed by atoms with Crippen LogP contribution >= 0.6 is 0 Å². The number of rotatable bonds is 8. The van der Waals surface area contributed by atoms with E-state index in [1.807, 2.05) is 49.4 Å². The molecule has 0 aromatic heterocycles. The first-order valence-corrected chi connectivity index (χ1v) is 10.9. The number of benzene rings is 4. The summed E-state index contributed by atoms with van der Waals surface area (Å²) in [6, 6.07) is 25.3. The highest BCUT2D eigenvalue weighted by molar-refractivity contribution is 6.04. The van der Waals surface area contributed by atoms with Crippen molar-refractivity contribution in [2.24, 2.45) is 5.10 Å². The van der Waals surface area contributed by atoms with Crippen LogP contribution in [0, 0.1) is 6.92 Å². The van der Waals surface area contributed by atoms with Gasteiger partial charge in [-0.3, -0.25) is 4.79 Å². The van der Waals surface area contributed by atoms with E-state index in [9.17, 15) is 9.59 Å². The van der Waals surface area contributed by atoms with E-state index in [0.29, 0.717) is 28.4 Å². The summed E-state index contributed by atoms with van der Waals surface area (Å²) in [5, 5.41) is 5.84. The van der Waals surface area contributed by atoms with Gasteiger partial charge < -0.3 is 14.2 Å². The Labute approximate surface area is 202 Å². The van der Waals surface area contributed by atoms with Crippen molar-refractivity contribution in [2.75, 3.05) is 13.7 Å². The lowest BCUT2D eigenvalue weighted by Crippen LogP contribution is -2.24. The molecular formula is C28H24N2O5. The first-order chi connectivity index (χ1) is 17.0. The average molecular weight is 469 g/mol. The van der Waals surface area contributed by atoms with Gasteiger partial charge in [-0.2, -0.15) is 5.10 Å². The zero-order valence-electron chi connectivity index (χ0n) is 19.4. The largest absolute Gasteiger partial charge is 0.497 e. The molecule has 35 heavy (non-hydrogen) atoms. The SMILES string of the molecule is COc1ccc(OCC(=O)N/N=C\c2c(OC(=O)c3ccc(C)cc3)ccc3ccccc23)cc1. The van der Waals surface area contributed by atoms with Gasteiger partial charge in [0.05, 0.1) is 18.9 Å². The van der Waals surface area contributed by atoms with Crippen molar-refractivity contribution in [1.29, 1.82) is 0 Å². The maximum Gasteiger partial charge on any atom is 0.343 e. The van der Waals surface area contributed by atoms with Crippen LogP contribution in [0.2, 0.25) is 0 Å². The number of carbonyl (C=O) groups excluding carboxylic acids is 2. The van der Waals surface area contributed by atoms with Crippen molar-refractivity contribution in [3.8, 4) is 17.2 Å². The smallest absolute Gasteiger partial charge is 0.343 e. The van der Waals surface area contributed by atoms with Gasteiger partial charge in [0, 0.05) is 5.56 Å². The molecule has 0 radical (unpaired) electrons. The molecule has 4 aromatic carbocycles. The minimum atomic E-state index is -0.480. The zero-order valence-corrected chi connectivity index (χ0v) is 19.4. The molecule has 4 aromatic rings. The van der Waals surface area contributed by atoms with Gasteiger partial charge in [-0.15, -0.1) is 0 Å². The third-order valence-corrected chi connectivity index (χ3v) is 5.23. The highest BCUT2D eigenvalue weighted by Gasteiger charge is 2.13. The minimum absolute atomic E-state index is 0.214. The molecule has 0 aliphatic rings. The Hall–Kier alpha value is -4.65. The lowest BCUT2D eigenvalue weighted by atomic mass is 10.0. The molecule has 7 heteroatoms. The van der Waals surface area contributed by atoms with E-state index in [-0.39, 0.29) is 6.61 Å². The van der Waals surface area contributed by atoms with Gasteiger partial charge in [-0.1, -0.05) is 48.0 Å². The second kappa shape index (κ2) is 11.0. The summed E-state index contributed by atoms with van der Waals surface area (Å²) in [5.74, 6) is 0.647. The standard InChI is InChI=1S/C28H24N2O5/c1-19-7-9-21(10-8-19)28(32)35-26-16-11-20-5-3-4-6-24(20)25(26)17-29-30-27(31)18-34-23-14-12-22(33-2)13-15-23/h3-17H,18H2,1-2H3,(H,30,31)/b29-17-. The van der Waals surface area contributed by atoms with Crippen LogP contribution in [0.5, 0.6) is 17.2 Å². The van der Waals surface area contributed by atoms with Crippen molar-refractivity contribution in [3.05, 3.63) is 102 Å². The predicted octanol–water partition coefficient (Wildman–Crippen LogP) is 4.91. The average Bonchev–Trinajstić information content (AvgIpc) is 2.89. The number of carbonyl (C=O) groups is 2. The van der Waals surface area contributed by atoms with Crippen LogP contribution < -0.4 is 19.6 Å². The van der Waals surface area contributed by atoms with Gasteiger partial charge in [0.25, 0.3) is 5.91 Å². The second-order valence-corrected chi connectivity index (χ2v) is 7.71. The van der Waals surface area contributed by atoms with Crippen molar-refractivity contribution >= 4 is 28.9 Å². The molecule has 0 aliphatic heterocycles. The van der Waals surface area contributed by atoms with Gasteiger partial charge in [0.1, 0.15) is 17.2 Å². The van der Waals surface area contributed by atoms with Crippen molar-refractivity contribution in [3.63, 3.8) is 0 Å². The molecule has 176 valence electrons. The third kappa shape index (κ3) is 6.03. The van der Waals surface area contributed by atoms with Crippen LogP contribution in [-0.2, 0) is 4.79 Å². The van der Waals surface area contributed by atoms with Crippen LogP contribution in [0.4, 0.5) is 0 Å². The molecule has 7 nitrogen and oxygen atoms in total. The number of fused-ring (bicyclic) bond motifs is 1. The monoisotopic (exact) mass is 468 g/mol. The number of nitrogens with zero attached hydrogens (tertiary/aromatic N) is 1. The molecule has 0 spiro atoms. The highest BCUT2D eigenvalue weighted by Crippen LogP contribution is 2.27. The Morgan fingerprint density at radius 3 is 2.34 bits per heavy atom. The Bertz CT molecular complexity index is 1360. The molecule has 0 unspecified atom stereocenters. The topological polar surface area (TPSA) is 86.2 Å². The summed E-state index contributed by atoms with van der Waals surface area (Å²) in [6.07, 6.45) is 1.46. The van der Waals surface area contributed by atoms with Gasteiger partial charge in [0.15, 0.2) is 6.61 Å². The maximum atomic E-state index is 12.7. The van der Waals surface area contributed by atoms with E-state index in [2.05, 4.69) is 10.5 Å². The molecule has 0 bridgehead atoms. The molecule has 1 N–H and O–H groups in total. The number of hydrazone groups is 1. The Morgan fingerprint density at radius 2 is 1.60 bits per heavy atom. The highest BCUT2D eigenvalue weighted by atomic mass is 16.5. The van der Waals surface area contributed by atoms with Gasteiger partial charge in [-0.25, -0.2) is 10.2 Å². The summed E-state index contributed by atoms with van der Waals surface area (Å²) in [4.78, 5) is 24.9. The van der Waals surface area contributed by atoms with E-state index in [0.717, 1.165) is 16.3 Å². The fourth-order valence-corrected chi connectivity index (χ4v) is 3.37.